The third kappa shape index (κ3) is 9.21. The van der Waals surface area contributed by atoms with E-state index >= 15 is 0 Å². The Hall–Kier alpha value is -3.61. The highest BCUT2D eigenvalue weighted by Gasteiger charge is 2.38. The molecular formula is C23H26F3N3O6S. The number of benzene rings is 2. The molecule has 0 radical (unpaired) electrons. The summed E-state index contributed by atoms with van der Waals surface area (Å²) in [5.41, 5.74) is -0.00610. The Labute approximate surface area is 206 Å². The van der Waals surface area contributed by atoms with E-state index in [0.717, 1.165) is 12.1 Å². The van der Waals surface area contributed by atoms with Gasteiger partial charge in [0.2, 0.25) is 0 Å². The molecule has 0 fully saturated rings. The summed E-state index contributed by atoms with van der Waals surface area (Å²) in [6.45, 7) is 4.40. The summed E-state index contributed by atoms with van der Waals surface area (Å²) in [6.07, 6.45) is -5.99. The van der Waals surface area contributed by atoms with Gasteiger partial charge in [-0.05, 0) is 44.0 Å². The summed E-state index contributed by atoms with van der Waals surface area (Å²) in [5, 5.41) is 4.04. The zero-order valence-corrected chi connectivity index (χ0v) is 20.5. The molecular weight excluding hydrogens is 503 g/mol. The van der Waals surface area contributed by atoms with Crippen molar-refractivity contribution >= 4 is 27.9 Å². The number of carbonyl (C=O) groups is 3. The number of amides is 3. The molecule has 0 aliphatic carbocycles. The van der Waals surface area contributed by atoms with E-state index in [1.54, 1.807) is 56.4 Å². The Morgan fingerprint density at radius 2 is 1.50 bits per heavy atom. The molecule has 0 bridgehead atoms. The van der Waals surface area contributed by atoms with Crippen LogP contribution in [-0.4, -0.2) is 44.1 Å². The van der Waals surface area contributed by atoms with Gasteiger partial charge in [0.25, 0.3) is 15.9 Å². The maximum atomic E-state index is 12.9. The number of carbonyl (C=O) groups excluding carboxylic acids is 3. The molecule has 1 atom stereocenters. The Morgan fingerprint density at radius 3 is 2.03 bits per heavy atom. The molecule has 2 rings (SSSR count). The van der Waals surface area contributed by atoms with Gasteiger partial charge in [0.1, 0.15) is 11.6 Å². The Balaban J connectivity index is 2.14. The van der Waals surface area contributed by atoms with Crippen molar-refractivity contribution in [2.24, 2.45) is 0 Å². The number of rotatable bonds is 8. The Bertz CT molecular complexity index is 1180. The molecule has 0 aliphatic rings. The third-order valence-corrected chi connectivity index (χ3v) is 5.83. The Kier molecular flexibility index (Phi) is 9.08. The average molecular weight is 530 g/mol. The fraction of sp³-hybridized carbons (Fsp3) is 0.348. The van der Waals surface area contributed by atoms with Crippen LogP contribution in [0.15, 0.2) is 59.5 Å². The first-order valence-corrected chi connectivity index (χ1v) is 12.1. The molecule has 0 spiro atoms. The molecule has 3 amide bonds. The van der Waals surface area contributed by atoms with E-state index in [2.05, 4.69) is 5.32 Å². The summed E-state index contributed by atoms with van der Waals surface area (Å²) >= 11 is 0. The molecule has 0 saturated heterocycles. The van der Waals surface area contributed by atoms with Crippen molar-refractivity contribution in [1.29, 1.82) is 0 Å². The van der Waals surface area contributed by atoms with E-state index in [4.69, 9.17) is 4.74 Å². The number of halogens is 3. The second-order valence-electron chi connectivity index (χ2n) is 8.68. The van der Waals surface area contributed by atoms with Crippen LogP contribution in [0.4, 0.5) is 18.0 Å². The number of alkyl carbamates (subject to hydrolysis) is 1. The highest BCUT2D eigenvalue weighted by Crippen LogP contribution is 2.16. The molecule has 0 saturated carbocycles. The molecule has 2 aromatic carbocycles. The lowest BCUT2D eigenvalue weighted by molar-refractivity contribution is -0.173. The van der Waals surface area contributed by atoms with E-state index in [-0.39, 0.29) is 16.9 Å². The van der Waals surface area contributed by atoms with Gasteiger partial charge in [-0.25, -0.2) is 17.9 Å². The van der Waals surface area contributed by atoms with Crippen molar-refractivity contribution in [3.8, 4) is 0 Å². The maximum Gasteiger partial charge on any atom is 0.471 e. The van der Waals surface area contributed by atoms with Gasteiger partial charge in [-0.3, -0.25) is 9.59 Å². The van der Waals surface area contributed by atoms with Crippen molar-refractivity contribution < 1.29 is 40.7 Å². The molecule has 0 heterocycles. The summed E-state index contributed by atoms with van der Waals surface area (Å²) in [6, 6.07) is 11.8. The number of alkyl halides is 3. The van der Waals surface area contributed by atoms with Gasteiger partial charge in [0.05, 0.1) is 4.90 Å². The summed E-state index contributed by atoms with van der Waals surface area (Å²) in [5.74, 6) is -3.15. The van der Waals surface area contributed by atoms with Gasteiger partial charge < -0.3 is 15.4 Å². The van der Waals surface area contributed by atoms with Crippen LogP contribution in [0.1, 0.15) is 31.9 Å². The van der Waals surface area contributed by atoms with Gasteiger partial charge in [-0.15, -0.1) is 0 Å². The minimum absolute atomic E-state index is 0.0285. The molecule has 0 aromatic heterocycles. The molecule has 13 heteroatoms. The van der Waals surface area contributed by atoms with E-state index in [1.165, 1.54) is 12.1 Å². The van der Waals surface area contributed by atoms with E-state index in [0.29, 0.717) is 5.56 Å². The molecule has 196 valence electrons. The SMILES string of the molecule is CC(C)(C)OC(=O)NC(Cc1ccccc1)C(=O)NS(=O)(=O)c1ccc(CNC(=O)C(F)(F)F)cc1. The normalized spacial score (nSPS) is 12.8. The van der Waals surface area contributed by atoms with Crippen LogP contribution in [0.5, 0.6) is 0 Å². The van der Waals surface area contributed by atoms with Gasteiger partial charge in [0, 0.05) is 13.0 Å². The summed E-state index contributed by atoms with van der Waals surface area (Å²) in [4.78, 5) is 35.7. The maximum absolute atomic E-state index is 12.9. The second kappa shape index (κ2) is 11.4. The highest BCUT2D eigenvalue weighted by atomic mass is 32.2. The molecule has 3 N–H and O–H groups in total. The fourth-order valence-electron chi connectivity index (χ4n) is 2.84. The largest absolute Gasteiger partial charge is 0.471 e. The van der Waals surface area contributed by atoms with Crippen LogP contribution >= 0.6 is 0 Å². The number of hydrogen-bond acceptors (Lipinski definition) is 6. The van der Waals surface area contributed by atoms with Crippen LogP contribution in [0, 0.1) is 0 Å². The number of hydrogen-bond donors (Lipinski definition) is 3. The lowest BCUT2D eigenvalue weighted by atomic mass is 10.1. The third-order valence-electron chi connectivity index (χ3n) is 4.47. The van der Waals surface area contributed by atoms with Gasteiger partial charge >= 0.3 is 18.2 Å². The van der Waals surface area contributed by atoms with Crippen LogP contribution in [0.2, 0.25) is 0 Å². The average Bonchev–Trinajstić information content (AvgIpc) is 2.75. The fourth-order valence-corrected chi connectivity index (χ4v) is 3.86. The number of nitrogens with one attached hydrogen (secondary N) is 3. The van der Waals surface area contributed by atoms with Gasteiger partial charge in [-0.1, -0.05) is 42.5 Å². The van der Waals surface area contributed by atoms with Crippen LogP contribution in [-0.2, 0) is 37.3 Å². The smallest absolute Gasteiger partial charge is 0.444 e. The number of ether oxygens (including phenoxy) is 1. The first-order chi connectivity index (χ1) is 16.6. The van der Waals surface area contributed by atoms with Crippen molar-refractivity contribution in [3.05, 3.63) is 65.7 Å². The van der Waals surface area contributed by atoms with Gasteiger partial charge in [-0.2, -0.15) is 13.2 Å². The van der Waals surface area contributed by atoms with Crippen molar-refractivity contribution in [2.45, 2.75) is 56.5 Å². The molecule has 9 nitrogen and oxygen atoms in total. The molecule has 0 aliphatic heterocycles. The zero-order chi connectivity index (χ0) is 27.1. The first-order valence-electron chi connectivity index (χ1n) is 10.6. The van der Waals surface area contributed by atoms with Crippen LogP contribution in [0.3, 0.4) is 0 Å². The van der Waals surface area contributed by atoms with E-state index in [1.807, 2.05) is 4.72 Å². The van der Waals surface area contributed by atoms with Gasteiger partial charge in [0.15, 0.2) is 0 Å². The van der Waals surface area contributed by atoms with Crippen LogP contribution < -0.4 is 15.4 Å². The van der Waals surface area contributed by atoms with Crippen molar-refractivity contribution in [3.63, 3.8) is 0 Å². The summed E-state index contributed by atoms with van der Waals surface area (Å²) < 4.78 is 69.4. The first kappa shape index (κ1) is 28.6. The highest BCUT2D eigenvalue weighted by molar-refractivity contribution is 7.90. The standard InChI is InChI=1S/C23H26F3N3O6S/c1-22(2,3)35-21(32)28-18(13-15-7-5-4-6-8-15)19(30)29-36(33,34)17-11-9-16(10-12-17)14-27-20(31)23(24,25)26/h4-12,18H,13-14H2,1-3H3,(H,27,31)(H,28,32)(H,29,30). The minimum atomic E-state index is -5.04. The predicted octanol–water partition coefficient (Wildman–Crippen LogP) is 2.81. The van der Waals surface area contributed by atoms with Crippen molar-refractivity contribution in [2.75, 3.05) is 0 Å². The minimum Gasteiger partial charge on any atom is -0.444 e. The molecule has 2 aromatic rings. The topological polar surface area (TPSA) is 131 Å². The predicted molar refractivity (Wildman–Crippen MR) is 123 cm³/mol. The summed E-state index contributed by atoms with van der Waals surface area (Å²) in [7, 11) is -4.40. The number of sulfonamides is 1. The lowest BCUT2D eigenvalue weighted by Crippen LogP contribution is -2.50. The molecule has 36 heavy (non-hydrogen) atoms. The van der Waals surface area contributed by atoms with Crippen molar-refractivity contribution in [1.82, 2.24) is 15.4 Å². The van der Waals surface area contributed by atoms with Crippen LogP contribution in [0.25, 0.3) is 0 Å². The lowest BCUT2D eigenvalue weighted by Gasteiger charge is -2.23. The second-order valence-corrected chi connectivity index (χ2v) is 10.4. The van der Waals surface area contributed by atoms with E-state index in [9.17, 15) is 36.0 Å². The van der Waals surface area contributed by atoms with E-state index < -0.39 is 52.3 Å². The zero-order valence-electron chi connectivity index (χ0n) is 19.7. The quantitative estimate of drug-likeness (QED) is 0.482. The monoisotopic (exact) mass is 529 g/mol. The molecule has 1 unspecified atom stereocenters. The Morgan fingerprint density at radius 1 is 0.917 bits per heavy atom.